The quantitative estimate of drug-likeness (QED) is 0.490. The second-order valence-electron chi connectivity index (χ2n) is 7.04. The van der Waals surface area contributed by atoms with Gasteiger partial charge in [0.25, 0.3) is 5.91 Å². The number of carbonyl (C=O) groups excluding carboxylic acids is 1. The summed E-state index contributed by atoms with van der Waals surface area (Å²) in [7, 11) is 1.54. The maximum absolute atomic E-state index is 12.1. The van der Waals surface area contributed by atoms with Crippen LogP contribution in [0.3, 0.4) is 0 Å². The molecule has 0 saturated carbocycles. The molecule has 0 fully saturated rings. The lowest BCUT2D eigenvalue weighted by Gasteiger charge is -2.18. The van der Waals surface area contributed by atoms with Crippen molar-refractivity contribution in [3.63, 3.8) is 0 Å². The SMILES string of the molecule is COc1ccc(Cl)cc1NC(=S)NNC(=O)COc1cccc2c1OC(C)(C)C2. The molecule has 7 nitrogen and oxygen atoms in total. The van der Waals surface area contributed by atoms with Crippen molar-refractivity contribution in [3.05, 3.63) is 47.0 Å². The molecule has 1 amide bonds. The molecule has 0 aliphatic carbocycles. The van der Waals surface area contributed by atoms with E-state index < -0.39 is 5.91 Å². The van der Waals surface area contributed by atoms with Gasteiger partial charge < -0.3 is 19.5 Å². The lowest BCUT2D eigenvalue weighted by atomic mass is 10.0. The molecule has 2 aromatic rings. The number of hydrogen-bond acceptors (Lipinski definition) is 5. The molecule has 0 saturated heterocycles. The predicted octanol–water partition coefficient (Wildman–Crippen LogP) is 3.46. The number of anilines is 1. The number of benzene rings is 2. The largest absolute Gasteiger partial charge is 0.495 e. The average Bonchev–Trinajstić information content (AvgIpc) is 2.99. The summed E-state index contributed by atoms with van der Waals surface area (Å²) in [4.78, 5) is 12.1. The maximum Gasteiger partial charge on any atom is 0.276 e. The van der Waals surface area contributed by atoms with Crippen molar-refractivity contribution in [1.29, 1.82) is 0 Å². The molecule has 2 aromatic carbocycles. The summed E-state index contributed by atoms with van der Waals surface area (Å²) in [6, 6.07) is 10.7. The molecule has 1 aliphatic heterocycles. The number of hydrazine groups is 1. The van der Waals surface area contributed by atoms with E-state index in [1.807, 2.05) is 26.0 Å². The first kappa shape index (κ1) is 21.0. The molecule has 0 radical (unpaired) electrons. The van der Waals surface area contributed by atoms with Gasteiger partial charge in [-0.15, -0.1) is 0 Å². The van der Waals surface area contributed by atoms with Crippen molar-refractivity contribution >= 4 is 40.5 Å². The van der Waals surface area contributed by atoms with E-state index in [1.165, 1.54) is 7.11 Å². The Morgan fingerprint density at radius 1 is 1.24 bits per heavy atom. The van der Waals surface area contributed by atoms with Crippen LogP contribution in [0.25, 0.3) is 0 Å². The Morgan fingerprint density at radius 3 is 2.79 bits per heavy atom. The molecule has 0 spiro atoms. The fraction of sp³-hybridized carbons (Fsp3) is 0.300. The van der Waals surface area contributed by atoms with Crippen LogP contribution in [0.4, 0.5) is 5.69 Å². The average molecular weight is 436 g/mol. The van der Waals surface area contributed by atoms with Crippen LogP contribution in [0.2, 0.25) is 5.02 Å². The van der Waals surface area contributed by atoms with Crippen LogP contribution in [-0.4, -0.2) is 30.3 Å². The summed E-state index contributed by atoms with van der Waals surface area (Å²) in [6.07, 6.45) is 0.792. The summed E-state index contributed by atoms with van der Waals surface area (Å²) >= 11 is 11.2. The van der Waals surface area contributed by atoms with Crippen molar-refractivity contribution in [2.45, 2.75) is 25.9 Å². The minimum atomic E-state index is -0.401. The monoisotopic (exact) mass is 435 g/mol. The van der Waals surface area contributed by atoms with Gasteiger partial charge in [0.1, 0.15) is 11.4 Å². The lowest BCUT2D eigenvalue weighted by Crippen LogP contribution is -2.45. The van der Waals surface area contributed by atoms with Crippen LogP contribution in [0.5, 0.6) is 17.2 Å². The van der Waals surface area contributed by atoms with E-state index in [1.54, 1.807) is 24.3 Å². The second kappa shape index (κ2) is 8.75. The molecule has 0 atom stereocenters. The number of hydrogen-bond donors (Lipinski definition) is 3. The fourth-order valence-corrected chi connectivity index (χ4v) is 3.27. The Hall–Kier alpha value is -2.71. The molecule has 3 N–H and O–H groups in total. The molecule has 0 bridgehead atoms. The van der Waals surface area contributed by atoms with E-state index in [0.717, 1.165) is 12.0 Å². The molecule has 0 aromatic heterocycles. The summed E-state index contributed by atoms with van der Waals surface area (Å²) < 4.78 is 16.8. The molecule has 1 heterocycles. The highest BCUT2D eigenvalue weighted by Gasteiger charge is 2.32. The summed E-state index contributed by atoms with van der Waals surface area (Å²) in [5.74, 6) is 1.38. The Morgan fingerprint density at radius 2 is 2.03 bits per heavy atom. The molecule has 3 rings (SSSR count). The van der Waals surface area contributed by atoms with E-state index in [4.69, 9.17) is 38.0 Å². The number of rotatable bonds is 5. The Labute approximate surface area is 179 Å². The van der Waals surface area contributed by atoms with Gasteiger partial charge in [0, 0.05) is 17.0 Å². The Balaban J connectivity index is 1.50. The van der Waals surface area contributed by atoms with Crippen molar-refractivity contribution in [3.8, 4) is 17.2 Å². The highest BCUT2D eigenvalue weighted by atomic mass is 35.5. The number of carbonyl (C=O) groups is 1. The van der Waals surface area contributed by atoms with Crippen LogP contribution in [0.1, 0.15) is 19.4 Å². The van der Waals surface area contributed by atoms with E-state index in [0.29, 0.717) is 28.0 Å². The second-order valence-corrected chi connectivity index (χ2v) is 7.89. The van der Waals surface area contributed by atoms with Crippen LogP contribution in [0, 0.1) is 0 Å². The third-order valence-corrected chi connectivity index (χ3v) is 4.58. The van der Waals surface area contributed by atoms with E-state index >= 15 is 0 Å². The van der Waals surface area contributed by atoms with Crippen LogP contribution in [-0.2, 0) is 11.2 Å². The molecule has 1 aliphatic rings. The smallest absolute Gasteiger partial charge is 0.276 e. The van der Waals surface area contributed by atoms with Crippen molar-refractivity contribution < 1.29 is 19.0 Å². The number of thiocarbonyl (C=S) groups is 1. The maximum atomic E-state index is 12.1. The number of para-hydroxylation sites is 1. The van der Waals surface area contributed by atoms with Gasteiger partial charge in [0.05, 0.1) is 12.8 Å². The van der Waals surface area contributed by atoms with E-state index in [9.17, 15) is 4.79 Å². The van der Waals surface area contributed by atoms with Gasteiger partial charge in [-0.05, 0) is 50.3 Å². The van der Waals surface area contributed by atoms with Gasteiger partial charge in [0.2, 0.25) is 0 Å². The van der Waals surface area contributed by atoms with Crippen LogP contribution >= 0.6 is 23.8 Å². The zero-order valence-electron chi connectivity index (χ0n) is 16.3. The van der Waals surface area contributed by atoms with E-state index in [2.05, 4.69) is 16.2 Å². The molecule has 29 heavy (non-hydrogen) atoms. The summed E-state index contributed by atoms with van der Waals surface area (Å²) in [6.45, 7) is 3.82. The van der Waals surface area contributed by atoms with Gasteiger partial charge in [-0.25, -0.2) is 0 Å². The molecule has 0 unspecified atom stereocenters. The van der Waals surface area contributed by atoms with Gasteiger partial charge in [0.15, 0.2) is 23.2 Å². The number of ether oxygens (including phenoxy) is 3. The van der Waals surface area contributed by atoms with Crippen molar-refractivity contribution in [1.82, 2.24) is 10.9 Å². The third-order valence-electron chi connectivity index (χ3n) is 4.14. The first-order valence-electron chi connectivity index (χ1n) is 8.90. The number of nitrogens with one attached hydrogen (secondary N) is 3. The molecule has 9 heteroatoms. The topological polar surface area (TPSA) is 80.9 Å². The van der Waals surface area contributed by atoms with Crippen molar-refractivity contribution in [2.75, 3.05) is 19.0 Å². The number of methoxy groups -OCH3 is 1. The van der Waals surface area contributed by atoms with Gasteiger partial charge in [-0.1, -0.05) is 23.7 Å². The Bertz CT molecular complexity index is 936. The highest BCUT2D eigenvalue weighted by Crippen LogP contribution is 2.41. The highest BCUT2D eigenvalue weighted by molar-refractivity contribution is 7.80. The molecular weight excluding hydrogens is 414 g/mol. The van der Waals surface area contributed by atoms with Gasteiger partial charge >= 0.3 is 0 Å². The number of halogens is 1. The van der Waals surface area contributed by atoms with Gasteiger partial charge in [-0.3, -0.25) is 15.6 Å². The standard InChI is InChI=1S/C20H22ClN3O4S/c1-20(2)10-12-5-4-6-16(18(12)28-20)27-11-17(25)23-24-19(29)22-14-9-13(21)7-8-15(14)26-3/h4-9H,10-11H2,1-3H3,(H,23,25)(H2,22,24,29). The van der Waals surface area contributed by atoms with Gasteiger partial charge in [-0.2, -0.15) is 0 Å². The van der Waals surface area contributed by atoms with E-state index in [-0.39, 0.29) is 17.3 Å². The minimum absolute atomic E-state index is 0.171. The first-order valence-corrected chi connectivity index (χ1v) is 9.69. The zero-order valence-corrected chi connectivity index (χ0v) is 17.9. The summed E-state index contributed by atoms with van der Waals surface area (Å²) in [5.41, 5.74) is 6.44. The normalized spacial score (nSPS) is 13.7. The minimum Gasteiger partial charge on any atom is -0.495 e. The fourth-order valence-electron chi connectivity index (χ4n) is 2.94. The predicted molar refractivity (Wildman–Crippen MR) is 116 cm³/mol. The third kappa shape index (κ3) is 5.42. The van der Waals surface area contributed by atoms with Crippen LogP contribution < -0.4 is 30.4 Å². The lowest BCUT2D eigenvalue weighted by molar-refractivity contribution is -0.123. The van der Waals surface area contributed by atoms with Crippen LogP contribution in [0.15, 0.2) is 36.4 Å². The zero-order chi connectivity index (χ0) is 21.0. The first-order chi connectivity index (χ1) is 13.8. The molecule has 154 valence electrons. The number of fused-ring (bicyclic) bond motifs is 1. The van der Waals surface area contributed by atoms with Crippen molar-refractivity contribution in [2.24, 2.45) is 0 Å². The summed E-state index contributed by atoms with van der Waals surface area (Å²) in [5, 5.41) is 3.60. The molecular formula is C20H22ClN3O4S. The number of amides is 1. The Kier molecular flexibility index (Phi) is 6.34.